The van der Waals surface area contributed by atoms with Gasteiger partial charge >= 0.3 is 0 Å². The van der Waals surface area contributed by atoms with Crippen molar-refractivity contribution in [1.82, 2.24) is 0 Å². The Labute approximate surface area is 170 Å². The molecule has 0 radical (unpaired) electrons. The lowest BCUT2D eigenvalue weighted by molar-refractivity contribution is -0.00528. The molecule has 1 fully saturated rings. The Balaban J connectivity index is 1.81. The summed E-state index contributed by atoms with van der Waals surface area (Å²) in [6.07, 6.45) is 6.02. The highest BCUT2D eigenvalue weighted by molar-refractivity contribution is 7.91. The fourth-order valence-corrected chi connectivity index (χ4v) is 4.88. The molecule has 0 bridgehead atoms. The number of hydrogen-bond donors (Lipinski definition) is 0. The van der Waals surface area contributed by atoms with E-state index in [1.165, 1.54) is 5.56 Å². The molecule has 0 aromatic heterocycles. The average Bonchev–Trinajstić information content (AvgIpc) is 2.60. The van der Waals surface area contributed by atoms with Crippen molar-refractivity contribution in [2.75, 3.05) is 23.7 Å². The molecule has 1 aromatic rings. The van der Waals surface area contributed by atoms with E-state index in [9.17, 15) is 12.8 Å². The molecule has 1 heterocycles. The van der Waals surface area contributed by atoms with Crippen molar-refractivity contribution in [1.29, 1.82) is 0 Å². The van der Waals surface area contributed by atoms with E-state index in [-0.39, 0.29) is 23.3 Å². The van der Waals surface area contributed by atoms with Gasteiger partial charge in [-0.2, -0.15) is 0 Å². The minimum Gasteiger partial charge on any atom is -0.372 e. The average molecular weight is 414 g/mol. The molecule has 0 unspecified atom stereocenters. The molecular formula is C22H36FNO3S. The summed E-state index contributed by atoms with van der Waals surface area (Å²) in [7, 11) is -2.92. The second kappa shape index (κ2) is 10.6. The van der Waals surface area contributed by atoms with Gasteiger partial charge in [-0.3, -0.25) is 0 Å². The molecule has 0 spiro atoms. The quantitative estimate of drug-likeness (QED) is 0.519. The van der Waals surface area contributed by atoms with E-state index >= 15 is 0 Å². The number of aryl methyl sites for hydroxylation is 1. The van der Waals surface area contributed by atoms with Crippen LogP contribution in [0.2, 0.25) is 0 Å². The Morgan fingerprint density at radius 3 is 2.32 bits per heavy atom. The van der Waals surface area contributed by atoms with Crippen LogP contribution in [0.25, 0.3) is 0 Å². The number of anilines is 1. The fraction of sp³-hybridized carbons (Fsp3) is 0.727. The first kappa shape index (κ1) is 23.1. The molecule has 2 atom stereocenters. The second-order valence-electron chi connectivity index (χ2n) is 8.37. The summed E-state index contributed by atoms with van der Waals surface area (Å²) in [6, 6.07) is 5.10. The van der Waals surface area contributed by atoms with Crippen molar-refractivity contribution in [3.05, 3.63) is 29.6 Å². The largest absolute Gasteiger partial charge is 0.372 e. The first-order chi connectivity index (χ1) is 13.2. The van der Waals surface area contributed by atoms with Gasteiger partial charge in [0.15, 0.2) is 9.84 Å². The lowest BCUT2D eigenvalue weighted by Crippen LogP contribution is -2.45. The summed E-state index contributed by atoms with van der Waals surface area (Å²) in [4.78, 5) is 2.24. The number of sulfone groups is 1. The van der Waals surface area contributed by atoms with Gasteiger partial charge in [-0.1, -0.05) is 25.3 Å². The van der Waals surface area contributed by atoms with E-state index in [4.69, 9.17) is 4.74 Å². The zero-order chi connectivity index (χ0) is 20.7. The van der Waals surface area contributed by atoms with Crippen LogP contribution in [0.4, 0.5) is 10.1 Å². The number of morpholine rings is 1. The minimum absolute atomic E-state index is 0.141. The Morgan fingerprint density at radius 2 is 1.68 bits per heavy atom. The van der Waals surface area contributed by atoms with Gasteiger partial charge in [0.1, 0.15) is 5.82 Å². The van der Waals surface area contributed by atoms with Gasteiger partial charge in [0.05, 0.1) is 23.2 Å². The van der Waals surface area contributed by atoms with Crippen LogP contribution >= 0.6 is 0 Å². The molecule has 2 rings (SSSR count). The van der Waals surface area contributed by atoms with Gasteiger partial charge in [0, 0.05) is 18.8 Å². The molecule has 0 amide bonds. The highest BCUT2D eigenvalue weighted by Gasteiger charge is 2.24. The number of halogens is 1. The Bertz CT molecular complexity index is 710. The van der Waals surface area contributed by atoms with E-state index in [2.05, 4.69) is 18.7 Å². The van der Waals surface area contributed by atoms with E-state index in [0.29, 0.717) is 5.75 Å². The van der Waals surface area contributed by atoms with Gasteiger partial charge in [-0.25, -0.2) is 12.8 Å². The van der Waals surface area contributed by atoms with Crippen molar-refractivity contribution in [2.45, 2.75) is 83.7 Å². The van der Waals surface area contributed by atoms with Crippen LogP contribution in [-0.4, -0.2) is 44.7 Å². The van der Waals surface area contributed by atoms with Crippen molar-refractivity contribution in [3.8, 4) is 0 Å². The van der Waals surface area contributed by atoms with Crippen LogP contribution in [0.3, 0.4) is 0 Å². The third-order valence-corrected chi connectivity index (χ3v) is 7.70. The molecule has 0 saturated carbocycles. The van der Waals surface area contributed by atoms with Crippen molar-refractivity contribution in [2.24, 2.45) is 0 Å². The minimum atomic E-state index is -2.92. The number of unbranched alkanes of at least 4 members (excludes halogenated alkanes) is 4. The third kappa shape index (κ3) is 7.03. The van der Waals surface area contributed by atoms with Gasteiger partial charge in [0.2, 0.25) is 0 Å². The van der Waals surface area contributed by atoms with Crippen LogP contribution in [0.5, 0.6) is 0 Å². The predicted molar refractivity (Wildman–Crippen MR) is 114 cm³/mol. The maximum atomic E-state index is 13.9. The monoisotopic (exact) mass is 413 g/mol. The SMILES string of the molecule is CC(C)S(=O)(=O)CCCCCCCc1ccc(F)cc1N1C[C@@H](C)O[C@@H](C)C1. The lowest BCUT2D eigenvalue weighted by atomic mass is 10.0. The van der Waals surface area contributed by atoms with Gasteiger partial charge in [-0.05, 0) is 64.7 Å². The maximum Gasteiger partial charge on any atom is 0.152 e. The summed E-state index contributed by atoms with van der Waals surface area (Å²) in [6.45, 7) is 9.16. The summed E-state index contributed by atoms with van der Waals surface area (Å²) < 4.78 is 43.3. The molecule has 28 heavy (non-hydrogen) atoms. The maximum absolute atomic E-state index is 13.9. The summed E-state index contributed by atoms with van der Waals surface area (Å²) in [5, 5.41) is -0.282. The molecule has 1 saturated heterocycles. The summed E-state index contributed by atoms with van der Waals surface area (Å²) in [5.74, 6) is 0.0945. The molecule has 1 aliphatic heterocycles. The molecule has 160 valence electrons. The number of rotatable bonds is 10. The molecule has 4 nitrogen and oxygen atoms in total. The van der Waals surface area contributed by atoms with Gasteiger partial charge in [0.25, 0.3) is 0 Å². The number of hydrogen-bond acceptors (Lipinski definition) is 4. The lowest BCUT2D eigenvalue weighted by Gasteiger charge is -2.38. The van der Waals surface area contributed by atoms with Crippen molar-refractivity contribution in [3.63, 3.8) is 0 Å². The Morgan fingerprint density at radius 1 is 1.07 bits per heavy atom. The zero-order valence-electron chi connectivity index (χ0n) is 17.8. The second-order valence-corrected chi connectivity index (χ2v) is 11.0. The summed E-state index contributed by atoms with van der Waals surface area (Å²) >= 11 is 0. The van der Waals surface area contributed by atoms with Crippen LogP contribution in [0, 0.1) is 5.82 Å². The smallest absolute Gasteiger partial charge is 0.152 e. The van der Waals surface area contributed by atoms with E-state index in [0.717, 1.165) is 57.3 Å². The van der Waals surface area contributed by atoms with Gasteiger partial charge < -0.3 is 9.64 Å². The molecular weight excluding hydrogens is 377 g/mol. The fourth-order valence-electron chi connectivity index (χ4n) is 3.80. The van der Waals surface area contributed by atoms with Crippen LogP contribution in [0.15, 0.2) is 18.2 Å². The van der Waals surface area contributed by atoms with Crippen LogP contribution in [-0.2, 0) is 21.0 Å². The highest BCUT2D eigenvalue weighted by Crippen LogP contribution is 2.27. The van der Waals surface area contributed by atoms with E-state index < -0.39 is 9.84 Å². The number of benzene rings is 1. The van der Waals surface area contributed by atoms with Crippen LogP contribution < -0.4 is 4.90 Å². The number of nitrogens with zero attached hydrogens (tertiary/aromatic N) is 1. The third-order valence-electron chi connectivity index (χ3n) is 5.40. The molecule has 1 aliphatic rings. The zero-order valence-corrected chi connectivity index (χ0v) is 18.6. The van der Waals surface area contributed by atoms with E-state index in [1.54, 1.807) is 26.0 Å². The molecule has 1 aromatic carbocycles. The molecule has 0 aliphatic carbocycles. The standard InChI is InChI=1S/C22H36FNO3S/c1-17(2)28(25,26)13-9-7-5-6-8-10-20-11-12-21(23)14-22(20)24-15-18(3)27-19(4)16-24/h11-12,14,17-19H,5-10,13,15-16H2,1-4H3/t18-,19+. The first-order valence-electron chi connectivity index (χ1n) is 10.6. The number of ether oxygens (including phenoxy) is 1. The topological polar surface area (TPSA) is 46.6 Å². The van der Waals surface area contributed by atoms with Crippen LogP contribution in [0.1, 0.15) is 65.4 Å². The first-order valence-corrected chi connectivity index (χ1v) is 12.3. The Kier molecular flexibility index (Phi) is 8.75. The van der Waals surface area contributed by atoms with Crippen molar-refractivity contribution < 1.29 is 17.5 Å². The molecule has 6 heteroatoms. The van der Waals surface area contributed by atoms with Crippen molar-refractivity contribution >= 4 is 15.5 Å². The normalized spacial score (nSPS) is 20.7. The summed E-state index contributed by atoms with van der Waals surface area (Å²) in [5.41, 5.74) is 2.18. The molecule has 0 N–H and O–H groups in total. The Hall–Kier alpha value is -1.14. The van der Waals surface area contributed by atoms with E-state index in [1.807, 2.05) is 6.07 Å². The predicted octanol–water partition coefficient (Wildman–Crippen LogP) is 4.76. The highest BCUT2D eigenvalue weighted by atomic mass is 32.2. The van der Waals surface area contributed by atoms with Gasteiger partial charge in [-0.15, -0.1) is 0 Å².